The van der Waals surface area contributed by atoms with Gasteiger partial charge in [-0.05, 0) is 30.5 Å². The molecule has 4 heteroatoms. The Hall–Kier alpha value is -1.39. The molecule has 0 saturated carbocycles. The molecular weight excluding hydrogens is 278 g/mol. The average Bonchev–Trinajstić information content (AvgIpc) is 3.21. The van der Waals surface area contributed by atoms with Crippen LogP contribution >= 0.6 is 11.3 Å². The zero-order valence-electron chi connectivity index (χ0n) is 12.6. The Morgan fingerprint density at radius 2 is 2.00 bits per heavy atom. The maximum Gasteiger partial charge on any atom is 0.0965 e. The van der Waals surface area contributed by atoms with Crippen LogP contribution in [0, 0.1) is 0 Å². The first-order valence-corrected chi connectivity index (χ1v) is 8.65. The number of anilines is 1. The van der Waals surface area contributed by atoms with Gasteiger partial charge in [0.2, 0.25) is 0 Å². The molecule has 0 amide bonds. The number of aromatic nitrogens is 1. The van der Waals surface area contributed by atoms with Crippen molar-refractivity contribution in [2.75, 3.05) is 24.5 Å². The first-order chi connectivity index (χ1) is 10.3. The Balaban J connectivity index is 1.47. The maximum absolute atomic E-state index is 4.37. The van der Waals surface area contributed by atoms with Gasteiger partial charge in [0.15, 0.2) is 0 Å². The molecule has 0 aliphatic carbocycles. The van der Waals surface area contributed by atoms with E-state index in [1.165, 1.54) is 42.2 Å². The number of thiazole rings is 1. The van der Waals surface area contributed by atoms with E-state index in [2.05, 4.69) is 46.4 Å². The highest BCUT2D eigenvalue weighted by molar-refractivity contribution is 7.09. The number of rotatable bonds is 6. The van der Waals surface area contributed by atoms with E-state index in [9.17, 15) is 0 Å². The van der Waals surface area contributed by atoms with E-state index in [4.69, 9.17) is 0 Å². The lowest BCUT2D eigenvalue weighted by atomic mass is 10.1. The van der Waals surface area contributed by atoms with Crippen LogP contribution in [0.4, 0.5) is 5.69 Å². The van der Waals surface area contributed by atoms with Crippen LogP contribution in [0.5, 0.6) is 0 Å². The molecule has 1 aliphatic heterocycles. The van der Waals surface area contributed by atoms with Crippen LogP contribution in [0.25, 0.3) is 0 Å². The molecule has 21 heavy (non-hydrogen) atoms. The van der Waals surface area contributed by atoms with Crippen molar-refractivity contribution in [2.24, 2.45) is 0 Å². The topological polar surface area (TPSA) is 28.2 Å². The summed E-state index contributed by atoms with van der Waals surface area (Å²) in [5.41, 5.74) is 2.72. The number of hydrogen-bond acceptors (Lipinski definition) is 4. The second-order valence-corrected chi connectivity index (χ2v) is 6.69. The summed E-state index contributed by atoms with van der Waals surface area (Å²) in [7, 11) is 0. The fraction of sp³-hybridized carbons (Fsp3) is 0.471. The van der Waals surface area contributed by atoms with E-state index in [-0.39, 0.29) is 0 Å². The predicted octanol–water partition coefficient (Wildman–Crippen LogP) is 3.64. The van der Waals surface area contributed by atoms with E-state index < -0.39 is 0 Å². The summed E-state index contributed by atoms with van der Waals surface area (Å²) in [5, 5.41) is 6.79. The molecule has 2 aromatic rings. The third kappa shape index (κ3) is 3.83. The van der Waals surface area contributed by atoms with Crippen molar-refractivity contribution in [1.29, 1.82) is 0 Å². The molecule has 2 heterocycles. The molecule has 1 atom stereocenters. The molecule has 3 rings (SSSR count). The molecule has 0 bridgehead atoms. The molecule has 1 aromatic heterocycles. The third-order valence-electron chi connectivity index (χ3n) is 4.06. The smallest absolute Gasteiger partial charge is 0.0965 e. The van der Waals surface area contributed by atoms with Gasteiger partial charge >= 0.3 is 0 Å². The number of benzene rings is 1. The minimum atomic E-state index is 0.480. The van der Waals surface area contributed by atoms with Crippen molar-refractivity contribution in [3.63, 3.8) is 0 Å². The first-order valence-electron chi connectivity index (χ1n) is 7.77. The summed E-state index contributed by atoms with van der Waals surface area (Å²) < 4.78 is 0. The number of hydrogen-bond donors (Lipinski definition) is 1. The largest absolute Gasteiger partial charge is 0.372 e. The summed E-state index contributed by atoms with van der Waals surface area (Å²) in [5.74, 6) is 0.480. The van der Waals surface area contributed by atoms with E-state index >= 15 is 0 Å². The Labute approximate surface area is 131 Å². The summed E-state index contributed by atoms with van der Waals surface area (Å²) in [6, 6.07) is 9.00. The predicted molar refractivity (Wildman–Crippen MR) is 90.1 cm³/mol. The highest BCUT2D eigenvalue weighted by atomic mass is 32.1. The van der Waals surface area contributed by atoms with Gasteiger partial charge in [-0.2, -0.15) is 0 Å². The van der Waals surface area contributed by atoms with E-state index in [0.717, 1.165) is 13.1 Å². The number of nitrogens with one attached hydrogen (secondary N) is 1. The van der Waals surface area contributed by atoms with Crippen LogP contribution in [0.1, 0.15) is 36.3 Å². The standard InChI is InChI=1S/C17H23N3S/c1-14(17-19-8-11-21-17)12-18-13-15-4-6-16(7-5-15)20-9-2-3-10-20/h4-8,11,14,18H,2-3,9-10,12-13H2,1H3. The van der Waals surface area contributed by atoms with Gasteiger partial charge in [-0.1, -0.05) is 19.1 Å². The Kier molecular flexibility index (Phi) is 4.88. The van der Waals surface area contributed by atoms with E-state index in [1.807, 2.05) is 11.6 Å². The van der Waals surface area contributed by atoms with Gasteiger partial charge < -0.3 is 10.2 Å². The van der Waals surface area contributed by atoms with Crippen LogP contribution in [0.2, 0.25) is 0 Å². The Morgan fingerprint density at radius 3 is 2.67 bits per heavy atom. The van der Waals surface area contributed by atoms with Crippen molar-refractivity contribution in [2.45, 2.75) is 32.2 Å². The van der Waals surface area contributed by atoms with E-state index in [1.54, 1.807) is 11.3 Å². The van der Waals surface area contributed by atoms with Crippen molar-refractivity contribution < 1.29 is 0 Å². The molecular formula is C17H23N3S. The normalized spacial score (nSPS) is 16.3. The third-order valence-corrected chi connectivity index (χ3v) is 5.07. The van der Waals surface area contributed by atoms with Crippen LogP contribution in [-0.2, 0) is 6.54 Å². The van der Waals surface area contributed by atoms with E-state index in [0.29, 0.717) is 5.92 Å². The highest BCUT2D eigenvalue weighted by Crippen LogP contribution is 2.20. The highest BCUT2D eigenvalue weighted by Gasteiger charge is 2.12. The average molecular weight is 301 g/mol. The number of nitrogens with zero attached hydrogens (tertiary/aromatic N) is 2. The quantitative estimate of drug-likeness (QED) is 0.883. The second kappa shape index (κ2) is 7.05. The molecule has 3 nitrogen and oxygen atoms in total. The zero-order valence-corrected chi connectivity index (χ0v) is 13.4. The van der Waals surface area contributed by atoms with Crippen LogP contribution in [0.15, 0.2) is 35.8 Å². The molecule has 1 aliphatic rings. The zero-order chi connectivity index (χ0) is 14.5. The molecule has 1 unspecified atom stereocenters. The Bertz CT molecular complexity index is 530. The second-order valence-electron chi connectivity index (χ2n) is 5.76. The van der Waals surface area contributed by atoms with Crippen molar-refractivity contribution in [3.05, 3.63) is 46.4 Å². The maximum atomic E-state index is 4.37. The van der Waals surface area contributed by atoms with Gasteiger partial charge in [0.05, 0.1) is 5.01 Å². The van der Waals surface area contributed by atoms with Crippen molar-refractivity contribution in [1.82, 2.24) is 10.3 Å². The van der Waals surface area contributed by atoms with Crippen LogP contribution in [-0.4, -0.2) is 24.6 Å². The molecule has 0 radical (unpaired) electrons. The monoisotopic (exact) mass is 301 g/mol. The minimum Gasteiger partial charge on any atom is -0.372 e. The van der Waals surface area contributed by atoms with Gasteiger partial charge in [-0.15, -0.1) is 11.3 Å². The molecule has 0 spiro atoms. The van der Waals surface area contributed by atoms with Gasteiger partial charge in [-0.3, -0.25) is 0 Å². The van der Waals surface area contributed by atoms with Gasteiger partial charge in [0, 0.05) is 49.4 Å². The lowest BCUT2D eigenvalue weighted by Crippen LogP contribution is -2.20. The summed E-state index contributed by atoms with van der Waals surface area (Å²) in [4.78, 5) is 6.84. The summed E-state index contributed by atoms with van der Waals surface area (Å²) in [6.45, 7) is 6.55. The molecule has 1 fully saturated rings. The fourth-order valence-corrected chi connectivity index (χ4v) is 3.50. The Morgan fingerprint density at radius 1 is 1.24 bits per heavy atom. The molecule has 1 N–H and O–H groups in total. The van der Waals surface area contributed by atoms with Crippen molar-refractivity contribution in [3.8, 4) is 0 Å². The van der Waals surface area contributed by atoms with Crippen LogP contribution < -0.4 is 10.2 Å². The summed E-state index contributed by atoms with van der Waals surface area (Å²) in [6.07, 6.45) is 4.55. The van der Waals surface area contributed by atoms with Crippen molar-refractivity contribution >= 4 is 17.0 Å². The fourth-order valence-electron chi connectivity index (χ4n) is 2.80. The van der Waals surface area contributed by atoms with Gasteiger partial charge in [0.25, 0.3) is 0 Å². The van der Waals surface area contributed by atoms with Crippen LogP contribution in [0.3, 0.4) is 0 Å². The molecule has 1 aromatic carbocycles. The lowest BCUT2D eigenvalue weighted by molar-refractivity contribution is 0.613. The summed E-state index contributed by atoms with van der Waals surface area (Å²) >= 11 is 1.74. The first kappa shape index (κ1) is 14.5. The van der Waals surface area contributed by atoms with Gasteiger partial charge in [0.1, 0.15) is 0 Å². The minimum absolute atomic E-state index is 0.480. The molecule has 112 valence electrons. The van der Waals surface area contributed by atoms with Gasteiger partial charge in [-0.25, -0.2) is 4.98 Å². The lowest BCUT2D eigenvalue weighted by Gasteiger charge is -2.18. The molecule has 1 saturated heterocycles. The SMILES string of the molecule is CC(CNCc1ccc(N2CCCC2)cc1)c1nccs1.